The van der Waals surface area contributed by atoms with E-state index in [0.717, 1.165) is 18.9 Å². The first-order chi connectivity index (χ1) is 10.9. The van der Waals surface area contributed by atoms with Crippen LogP contribution in [0.2, 0.25) is 0 Å². The summed E-state index contributed by atoms with van der Waals surface area (Å²) in [4.78, 5) is 28.7. The van der Waals surface area contributed by atoms with Gasteiger partial charge in [0.2, 0.25) is 0 Å². The number of carbonyl (C=O) groups excluding carboxylic acids is 1. The molecule has 1 saturated carbocycles. The summed E-state index contributed by atoms with van der Waals surface area (Å²) in [6.45, 7) is 1.60. The summed E-state index contributed by atoms with van der Waals surface area (Å²) >= 11 is 0. The Morgan fingerprint density at radius 2 is 1.91 bits per heavy atom. The Bertz CT molecular complexity index is 804. The number of H-pyrrole nitrogens is 2. The summed E-state index contributed by atoms with van der Waals surface area (Å²) in [5, 5.41) is 2.85. The second-order valence-electron chi connectivity index (χ2n) is 5.95. The van der Waals surface area contributed by atoms with Gasteiger partial charge in [0.15, 0.2) is 0 Å². The van der Waals surface area contributed by atoms with Gasteiger partial charge in [0.25, 0.3) is 5.91 Å². The molecule has 0 bridgehead atoms. The van der Waals surface area contributed by atoms with Gasteiger partial charge in [0, 0.05) is 17.3 Å². The first kappa shape index (κ1) is 15.5. The van der Waals surface area contributed by atoms with Crippen molar-refractivity contribution in [3.8, 4) is 0 Å². The summed E-state index contributed by atoms with van der Waals surface area (Å²) in [5.74, 6) is -1.81. The van der Waals surface area contributed by atoms with Crippen LogP contribution in [-0.4, -0.2) is 15.9 Å². The Labute approximate surface area is 131 Å². The predicted molar refractivity (Wildman–Crippen MR) is 80.1 cm³/mol. The molecule has 0 spiro atoms. The molecule has 0 unspecified atom stereocenters. The third-order valence-electron chi connectivity index (χ3n) is 4.40. The minimum absolute atomic E-state index is 0.129. The molecule has 0 saturated heterocycles. The van der Waals surface area contributed by atoms with E-state index in [-0.39, 0.29) is 11.3 Å². The fourth-order valence-electron chi connectivity index (χ4n) is 3.30. The quantitative estimate of drug-likeness (QED) is 0.812. The average molecular weight is 321 g/mol. The minimum Gasteiger partial charge on any atom is -0.341 e. The maximum atomic E-state index is 14.2. The van der Waals surface area contributed by atoms with Crippen LogP contribution in [0.3, 0.4) is 0 Å². The van der Waals surface area contributed by atoms with Crippen molar-refractivity contribution in [1.29, 1.82) is 0 Å². The highest BCUT2D eigenvalue weighted by Crippen LogP contribution is 2.40. The van der Waals surface area contributed by atoms with Gasteiger partial charge in [0.05, 0.1) is 5.54 Å². The number of hydrogen-bond donors (Lipinski definition) is 3. The molecule has 5 nitrogen and oxygen atoms in total. The molecule has 0 radical (unpaired) electrons. The normalized spacial score (nSPS) is 16.5. The largest absolute Gasteiger partial charge is 0.341 e. The molecular formula is C16H17F2N3O2. The second-order valence-corrected chi connectivity index (χ2v) is 5.95. The lowest BCUT2D eigenvalue weighted by Gasteiger charge is -2.31. The molecule has 1 aliphatic carbocycles. The van der Waals surface area contributed by atoms with Gasteiger partial charge >= 0.3 is 5.69 Å². The number of benzene rings is 1. The Kier molecular flexibility index (Phi) is 3.79. The van der Waals surface area contributed by atoms with E-state index in [1.54, 1.807) is 6.92 Å². The Hall–Kier alpha value is -2.44. The van der Waals surface area contributed by atoms with Gasteiger partial charge in [-0.25, -0.2) is 13.6 Å². The number of imidazole rings is 1. The van der Waals surface area contributed by atoms with Crippen LogP contribution in [0.25, 0.3) is 0 Å². The summed E-state index contributed by atoms with van der Waals surface area (Å²) in [7, 11) is 0. The van der Waals surface area contributed by atoms with E-state index in [9.17, 15) is 18.4 Å². The van der Waals surface area contributed by atoms with Crippen molar-refractivity contribution in [3.05, 3.63) is 57.3 Å². The number of aryl methyl sites for hydroxylation is 1. The van der Waals surface area contributed by atoms with E-state index < -0.39 is 28.8 Å². The zero-order chi connectivity index (χ0) is 16.6. The molecule has 1 aliphatic rings. The Balaban J connectivity index is 1.97. The van der Waals surface area contributed by atoms with Gasteiger partial charge in [-0.1, -0.05) is 18.9 Å². The number of halogens is 2. The number of hydrogen-bond acceptors (Lipinski definition) is 2. The van der Waals surface area contributed by atoms with Crippen molar-refractivity contribution in [2.24, 2.45) is 0 Å². The fraction of sp³-hybridized carbons (Fsp3) is 0.375. The number of amides is 1. The van der Waals surface area contributed by atoms with Crippen molar-refractivity contribution in [3.63, 3.8) is 0 Å². The van der Waals surface area contributed by atoms with E-state index >= 15 is 0 Å². The van der Waals surface area contributed by atoms with Crippen LogP contribution in [0.1, 0.15) is 47.4 Å². The van der Waals surface area contributed by atoms with Gasteiger partial charge in [-0.3, -0.25) is 4.79 Å². The fourth-order valence-corrected chi connectivity index (χ4v) is 3.30. The van der Waals surface area contributed by atoms with Crippen LogP contribution in [0.15, 0.2) is 23.0 Å². The molecule has 23 heavy (non-hydrogen) atoms. The summed E-state index contributed by atoms with van der Waals surface area (Å²) in [5.41, 5.74) is -0.527. The van der Waals surface area contributed by atoms with Gasteiger partial charge < -0.3 is 15.3 Å². The van der Waals surface area contributed by atoms with E-state index in [1.807, 2.05) is 0 Å². The molecule has 1 heterocycles. The van der Waals surface area contributed by atoms with Crippen molar-refractivity contribution < 1.29 is 13.6 Å². The Morgan fingerprint density at radius 3 is 2.48 bits per heavy atom. The highest BCUT2D eigenvalue weighted by Gasteiger charge is 2.39. The van der Waals surface area contributed by atoms with Gasteiger partial charge in [-0.2, -0.15) is 0 Å². The molecule has 3 rings (SSSR count). The van der Waals surface area contributed by atoms with E-state index in [0.29, 0.717) is 18.5 Å². The molecule has 1 fully saturated rings. The van der Waals surface area contributed by atoms with Crippen LogP contribution in [0.5, 0.6) is 0 Å². The lowest BCUT2D eigenvalue weighted by Crippen LogP contribution is -2.44. The first-order valence-electron chi connectivity index (χ1n) is 7.48. The van der Waals surface area contributed by atoms with Crippen LogP contribution >= 0.6 is 0 Å². The van der Waals surface area contributed by atoms with E-state index in [2.05, 4.69) is 15.3 Å². The third-order valence-corrected chi connectivity index (χ3v) is 4.40. The smallest absolute Gasteiger partial charge is 0.323 e. The highest BCUT2D eigenvalue weighted by atomic mass is 19.1. The summed E-state index contributed by atoms with van der Waals surface area (Å²) in [6.07, 6.45) is 2.80. The molecule has 1 amide bonds. The molecule has 0 atom stereocenters. The maximum absolute atomic E-state index is 14.2. The second kappa shape index (κ2) is 5.64. The van der Waals surface area contributed by atoms with Gasteiger partial charge in [-0.05, 0) is 25.8 Å². The number of rotatable bonds is 3. The zero-order valence-electron chi connectivity index (χ0n) is 12.6. The molecule has 0 aliphatic heterocycles. The Morgan fingerprint density at radius 1 is 1.22 bits per heavy atom. The lowest BCUT2D eigenvalue weighted by atomic mass is 9.87. The van der Waals surface area contributed by atoms with Gasteiger partial charge in [0.1, 0.15) is 17.3 Å². The molecule has 7 heteroatoms. The van der Waals surface area contributed by atoms with Crippen LogP contribution in [0.4, 0.5) is 8.78 Å². The summed E-state index contributed by atoms with van der Waals surface area (Å²) in [6, 6.07) is 3.39. The van der Waals surface area contributed by atoms with Crippen LogP contribution in [0, 0.1) is 18.6 Å². The van der Waals surface area contributed by atoms with E-state index in [1.165, 1.54) is 12.1 Å². The van der Waals surface area contributed by atoms with E-state index in [4.69, 9.17) is 0 Å². The van der Waals surface area contributed by atoms with Crippen molar-refractivity contribution >= 4 is 5.91 Å². The van der Waals surface area contributed by atoms with Crippen LogP contribution in [-0.2, 0) is 5.54 Å². The number of carbonyl (C=O) groups is 1. The number of aromatic nitrogens is 2. The van der Waals surface area contributed by atoms with Gasteiger partial charge in [-0.15, -0.1) is 0 Å². The first-order valence-corrected chi connectivity index (χ1v) is 7.48. The van der Waals surface area contributed by atoms with Crippen molar-refractivity contribution in [1.82, 2.24) is 15.3 Å². The molecule has 3 N–H and O–H groups in total. The minimum atomic E-state index is -0.879. The van der Waals surface area contributed by atoms with Crippen molar-refractivity contribution in [2.75, 3.05) is 0 Å². The SMILES string of the molecule is Cc1[nH]c(=O)[nH]c1C(=O)NC1(c2ccc(F)cc2F)CCCC1. The third kappa shape index (κ3) is 2.78. The molecule has 122 valence electrons. The average Bonchev–Trinajstić information content (AvgIpc) is 3.06. The molecule has 1 aromatic heterocycles. The standard InChI is InChI=1S/C16H17F2N3O2/c1-9-13(20-15(23)19-9)14(22)21-16(6-2-3-7-16)11-5-4-10(17)8-12(11)18/h4-5,8H,2-3,6-7H2,1H3,(H,21,22)(H2,19,20,23). The van der Waals surface area contributed by atoms with Crippen LogP contribution < -0.4 is 11.0 Å². The zero-order valence-corrected chi connectivity index (χ0v) is 12.6. The molecule has 1 aromatic carbocycles. The molecular weight excluding hydrogens is 304 g/mol. The summed E-state index contributed by atoms with van der Waals surface area (Å²) < 4.78 is 27.4. The maximum Gasteiger partial charge on any atom is 0.323 e. The lowest BCUT2D eigenvalue weighted by molar-refractivity contribution is 0.0891. The van der Waals surface area contributed by atoms with Crippen molar-refractivity contribution in [2.45, 2.75) is 38.1 Å². The molecule has 2 aromatic rings. The number of aromatic amines is 2. The highest BCUT2D eigenvalue weighted by molar-refractivity contribution is 5.94. The number of nitrogens with one attached hydrogen (secondary N) is 3. The topological polar surface area (TPSA) is 77.8 Å². The monoisotopic (exact) mass is 321 g/mol. The predicted octanol–water partition coefficient (Wildman–Crippen LogP) is 2.49.